The summed E-state index contributed by atoms with van der Waals surface area (Å²) in [6.45, 7) is 7.42. The second kappa shape index (κ2) is 10.2. The van der Waals surface area contributed by atoms with Crippen molar-refractivity contribution < 1.29 is 13.6 Å². The Morgan fingerprint density at radius 2 is 1.48 bits per heavy atom. The molecule has 6 heteroatoms. The van der Waals surface area contributed by atoms with Gasteiger partial charge in [0.1, 0.15) is 5.78 Å². The average molecular weight is 452 g/mol. The zero-order valence-electron chi connectivity index (χ0n) is 16.1. The lowest BCUT2D eigenvalue weighted by Gasteiger charge is -2.29. The molecule has 0 amide bonds. The zero-order chi connectivity index (χ0) is 19.9. The Hall–Kier alpha value is -1.39. The highest BCUT2D eigenvalue weighted by atomic mass is 79.9. The first kappa shape index (κ1) is 21.9. The van der Waals surface area contributed by atoms with Crippen molar-refractivity contribution in [2.75, 3.05) is 5.32 Å². The maximum Gasteiger partial charge on any atom is 0.357 e. The summed E-state index contributed by atoms with van der Waals surface area (Å²) >= 11 is 3.43. The van der Waals surface area contributed by atoms with Crippen molar-refractivity contribution in [2.45, 2.75) is 45.7 Å². The van der Waals surface area contributed by atoms with E-state index in [1.807, 2.05) is 94.4 Å². The highest BCUT2D eigenvalue weighted by Gasteiger charge is 2.36. The third-order valence-electron chi connectivity index (χ3n) is 3.49. The molecule has 4 nitrogen and oxygen atoms in total. The van der Waals surface area contributed by atoms with Crippen LogP contribution in [-0.2, 0) is 13.6 Å². The lowest BCUT2D eigenvalue weighted by atomic mass is 10.2. The Labute approximate surface area is 170 Å². The van der Waals surface area contributed by atoms with Gasteiger partial charge >= 0.3 is 7.60 Å². The van der Waals surface area contributed by atoms with Crippen molar-refractivity contribution in [1.82, 2.24) is 0 Å². The molecule has 0 aliphatic rings. The molecule has 1 unspecified atom stereocenters. The summed E-state index contributed by atoms with van der Waals surface area (Å²) in [7, 11) is -3.47. The summed E-state index contributed by atoms with van der Waals surface area (Å²) in [6.07, 6.45) is 3.32. The summed E-state index contributed by atoms with van der Waals surface area (Å²) in [5.41, 5.74) is 1.85. The SMILES string of the molecule is CC(C)OP(=O)(OC(C)C)C(/C=C/c1ccccc1)Nc1ccc(Br)cc1. The summed E-state index contributed by atoms with van der Waals surface area (Å²) in [4.78, 5) is 0. The van der Waals surface area contributed by atoms with E-state index in [4.69, 9.17) is 9.05 Å². The average Bonchev–Trinajstić information content (AvgIpc) is 2.59. The molecule has 0 saturated carbocycles. The van der Waals surface area contributed by atoms with E-state index in [2.05, 4.69) is 21.2 Å². The van der Waals surface area contributed by atoms with Crippen molar-refractivity contribution in [3.8, 4) is 0 Å². The fraction of sp³-hybridized carbons (Fsp3) is 0.333. The van der Waals surface area contributed by atoms with Gasteiger partial charge in [0.15, 0.2) is 0 Å². The van der Waals surface area contributed by atoms with Crippen LogP contribution in [0.5, 0.6) is 0 Å². The molecule has 0 saturated heterocycles. The molecule has 1 atom stereocenters. The number of hydrogen-bond donors (Lipinski definition) is 1. The first-order valence-electron chi connectivity index (χ1n) is 9.00. The molecule has 0 aliphatic heterocycles. The fourth-order valence-electron chi connectivity index (χ4n) is 2.46. The van der Waals surface area contributed by atoms with Gasteiger partial charge in [-0.15, -0.1) is 0 Å². The molecular formula is C21H27BrNO3P. The van der Waals surface area contributed by atoms with Crippen molar-refractivity contribution in [3.05, 3.63) is 70.7 Å². The van der Waals surface area contributed by atoms with Gasteiger partial charge in [0.05, 0.1) is 12.2 Å². The van der Waals surface area contributed by atoms with Gasteiger partial charge < -0.3 is 14.4 Å². The second-order valence-corrected chi connectivity index (χ2v) is 9.69. The third-order valence-corrected chi connectivity index (χ3v) is 6.43. The summed E-state index contributed by atoms with van der Waals surface area (Å²) in [5, 5.41) is 3.31. The van der Waals surface area contributed by atoms with Crippen molar-refractivity contribution in [1.29, 1.82) is 0 Å². The Morgan fingerprint density at radius 3 is 2.00 bits per heavy atom. The van der Waals surface area contributed by atoms with Gasteiger partial charge in [0.25, 0.3) is 0 Å². The van der Waals surface area contributed by atoms with E-state index in [0.29, 0.717) is 0 Å². The van der Waals surface area contributed by atoms with Crippen molar-refractivity contribution in [3.63, 3.8) is 0 Å². The van der Waals surface area contributed by atoms with Crippen LogP contribution in [0.2, 0.25) is 0 Å². The number of rotatable bonds is 9. The minimum absolute atomic E-state index is 0.228. The van der Waals surface area contributed by atoms with Gasteiger partial charge in [0, 0.05) is 10.2 Å². The monoisotopic (exact) mass is 451 g/mol. The second-order valence-electron chi connectivity index (χ2n) is 6.71. The smallest absolute Gasteiger partial charge is 0.357 e. The standard InChI is InChI=1S/C21H27BrNO3P/c1-16(2)25-27(24,26-17(3)4)21(15-10-18-8-6-5-7-9-18)23-20-13-11-19(22)12-14-20/h5-17,21,23H,1-4H3/b15-10+. The highest BCUT2D eigenvalue weighted by Crippen LogP contribution is 2.55. The van der Waals surface area contributed by atoms with E-state index in [1.165, 1.54) is 0 Å². The van der Waals surface area contributed by atoms with Crippen LogP contribution in [0.1, 0.15) is 33.3 Å². The number of nitrogens with one attached hydrogen (secondary N) is 1. The topological polar surface area (TPSA) is 47.6 Å². The minimum Gasteiger partial charge on any atom is -0.368 e. The van der Waals surface area contributed by atoms with Gasteiger partial charge in [-0.05, 0) is 63.6 Å². The van der Waals surface area contributed by atoms with Crippen LogP contribution in [0, 0.1) is 0 Å². The molecule has 1 N–H and O–H groups in total. The summed E-state index contributed by atoms with van der Waals surface area (Å²) < 4.78 is 26.2. The fourth-order valence-corrected chi connectivity index (χ4v) is 4.82. The molecule has 2 aromatic rings. The molecule has 0 heterocycles. The minimum atomic E-state index is -3.47. The zero-order valence-corrected chi connectivity index (χ0v) is 18.6. The quantitative estimate of drug-likeness (QED) is 0.419. The number of anilines is 1. The molecule has 2 aromatic carbocycles. The lowest BCUT2D eigenvalue weighted by Crippen LogP contribution is -2.23. The first-order chi connectivity index (χ1) is 12.8. The van der Waals surface area contributed by atoms with E-state index >= 15 is 0 Å². The number of benzene rings is 2. The van der Waals surface area contributed by atoms with Crippen molar-refractivity contribution >= 4 is 35.3 Å². The third kappa shape index (κ3) is 7.27. The number of halogens is 1. The lowest BCUT2D eigenvalue weighted by molar-refractivity contribution is 0.140. The van der Waals surface area contributed by atoms with E-state index < -0.39 is 13.4 Å². The molecule has 0 aromatic heterocycles. The summed E-state index contributed by atoms with van der Waals surface area (Å²) in [5.74, 6) is -0.622. The van der Waals surface area contributed by atoms with Crippen LogP contribution in [-0.4, -0.2) is 18.0 Å². The van der Waals surface area contributed by atoms with Gasteiger partial charge in [-0.1, -0.05) is 52.3 Å². The Balaban J connectivity index is 2.37. The van der Waals surface area contributed by atoms with Crippen LogP contribution in [0.3, 0.4) is 0 Å². The molecule has 0 aliphatic carbocycles. The Morgan fingerprint density at radius 1 is 0.926 bits per heavy atom. The summed E-state index contributed by atoms with van der Waals surface area (Å²) in [6, 6.07) is 17.6. The van der Waals surface area contributed by atoms with Crippen molar-refractivity contribution in [2.24, 2.45) is 0 Å². The van der Waals surface area contributed by atoms with E-state index in [9.17, 15) is 4.57 Å². The van der Waals surface area contributed by atoms with E-state index in [-0.39, 0.29) is 12.2 Å². The Bertz CT molecular complexity index is 762. The Kier molecular flexibility index (Phi) is 8.30. The molecule has 27 heavy (non-hydrogen) atoms. The molecule has 0 bridgehead atoms. The van der Waals surface area contributed by atoms with E-state index in [1.54, 1.807) is 0 Å². The van der Waals surface area contributed by atoms with Gasteiger partial charge in [-0.2, -0.15) is 0 Å². The first-order valence-corrected chi connectivity index (χ1v) is 11.4. The molecular weight excluding hydrogens is 425 g/mol. The molecule has 2 rings (SSSR count). The van der Waals surface area contributed by atoms with E-state index in [0.717, 1.165) is 15.7 Å². The normalized spacial score (nSPS) is 13.4. The molecule has 146 valence electrons. The highest BCUT2D eigenvalue weighted by molar-refractivity contribution is 9.10. The van der Waals surface area contributed by atoms with Crippen LogP contribution < -0.4 is 5.32 Å². The van der Waals surface area contributed by atoms with Crippen LogP contribution in [0.4, 0.5) is 5.69 Å². The van der Waals surface area contributed by atoms with Gasteiger partial charge in [-0.3, -0.25) is 4.57 Å². The maximum absolute atomic E-state index is 13.7. The van der Waals surface area contributed by atoms with Gasteiger partial charge in [0.2, 0.25) is 0 Å². The molecule has 0 radical (unpaired) electrons. The number of hydrogen-bond acceptors (Lipinski definition) is 4. The maximum atomic E-state index is 13.7. The van der Waals surface area contributed by atoms with Gasteiger partial charge in [-0.25, -0.2) is 0 Å². The molecule has 0 fully saturated rings. The largest absolute Gasteiger partial charge is 0.368 e. The predicted molar refractivity (Wildman–Crippen MR) is 117 cm³/mol. The molecule has 0 spiro atoms. The van der Waals surface area contributed by atoms with Crippen LogP contribution in [0.25, 0.3) is 6.08 Å². The van der Waals surface area contributed by atoms with Crippen LogP contribution in [0.15, 0.2) is 65.1 Å². The van der Waals surface area contributed by atoms with Crippen LogP contribution >= 0.6 is 23.5 Å². The predicted octanol–water partition coefficient (Wildman–Crippen LogP) is 6.94.